The highest BCUT2D eigenvalue weighted by Crippen LogP contribution is 2.45. The number of phenolic OH excluding ortho intramolecular Hbond substituents is 1. The van der Waals surface area contributed by atoms with E-state index in [4.69, 9.17) is 9.84 Å². The Bertz CT molecular complexity index is 1840. The van der Waals surface area contributed by atoms with Crippen molar-refractivity contribution >= 4 is 28.4 Å². The number of ether oxygens (including phenoxy) is 1. The van der Waals surface area contributed by atoms with Crippen molar-refractivity contribution in [3.63, 3.8) is 0 Å². The van der Waals surface area contributed by atoms with Crippen LogP contribution in [0.2, 0.25) is 0 Å². The van der Waals surface area contributed by atoms with Gasteiger partial charge in [0.1, 0.15) is 11.4 Å². The highest BCUT2D eigenvalue weighted by Gasteiger charge is 2.31. The highest BCUT2D eigenvalue weighted by atomic mass is 19.4. The molecule has 0 radical (unpaired) electrons. The first-order valence-corrected chi connectivity index (χ1v) is 12.2. The van der Waals surface area contributed by atoms with Gasteiger partial charge in [-0.3, -0.25) is 4.57 Å². The maximum Gasteiger partial charge on any atom is 0.511 e. The maximum absolute atomic E-state index is 13.4. The van der Waals surface area contributed by atoms with Gasteiger partial charge in [-0.15, -0.1) is 10.2 Å². The van der Waals surface area contributed by atoms with Crippen LogP contribution >= 0.6 is 0 Å². The molecule has 208 valence electrons. The summed E-state index contributed by atoms with van der Waals surface area (Å²) in [6.07, 6.45) is -6.06. The zero-order valence-electron chi connectivity index (χ0n) is 21.6. The van der Waals surface area contributed by atoms with Crippen LogP contribution in [0.3, 0.4) is 0 Å². The van der Waals surface area contributed by atoms with Gasteiger partial charge in [0.2, 0.25) is 5.88 Å². The SMILES string of the molecule is Cc1cc(C)c2c(N=Nc3cccc(-c4cccc(OC(=O)O)c4)c3O)c(O)n(-c3cccc(C(F)(F)F)c3)c2c1. The van der Waals surface area contributed by atoms with E-state index in [0.717, 1.165) is 17.7 Å². The Morgan fingerprint density at radius 1 is 0.902 bits per heavy atom. The number of carbonyl (C=O) groups is 1. The van der Waals surface area contributed by atoms with E-state index in [2.05, 4.69) is 10.2 Å². The van der Waals surface area contributed by atoms with Crippen molar-refractivity contribution in [3.8, 4) is 34.2 Å². The number of azo groups is 1. The average molecular weight is 562 g/mol. The van der Waals surface area contributed by atoms with E-state index >= 15 is 0 Å². The molecule has 0 aliphatic rings. The van der Waals surface area contributed by atoms with E-state index in [1.54, 1.807) is 37.3 Å². The number of halogens is 3. The van der Waals surface area contributed by atoms with E-state index < -0.39 is 23.8 Å². The van der Waals surface area contributed by atoms with Gasteiger partial charge >= 0.3 is 12.3 Å². The van der Waals surface area contributed by atoms with Crippen LogP contribution in [-0.4, -0.2) is 26.0 Å². The summed E-state index contributed by atoms with van der Waals surface area (Å²) < 4.78 is 46.3. The predicted octanol–water partition coefficient (Wildman–Crippen LogP) is 8.82. The predicted molar refractivity (Wildman–Crippen MR) is 146 cm³/mol. The van der Waals surface area contributed by atoms with Crippen molar-refractivity contribution in [2.45, 2.75) is 20.0 Å². The fourth-order valence-corrected chi connectivity index (χ4v) is 4.72. The van der Waals surface area contributed by atoms with Crippen molar-refractivity contribution in [1.29, 1.82) is 0 Å². The van der Waals surface area contributed by atoms with Gasteiger partial charge in [-0.2, -0.15) is 13.2 Å². The van der Waals surface area contributed by atoms with E-state index in [0.29, 0.717) is 27.6 Å². The van der Waals surface area contributed by atoms with Crippen LogP contribution in [-0.2, 0) is 6.18 Å². The molecule has 1 heterocycles. The molecule has 0 amide bonds. The van der Waals surface area contributed by atoms with Crippen molar-refractivity contribution < 1.29 is 38.0 Å². The molecular weight excluding hydrogens is 539 g/mol. The molecule has 1 aromatic heterocycles. The normalized spacial score (nSPS) is 11.8. The van der Waals surface area contributed by atoms with Gasteiger partial charge in [0, 0.05) is 16.6 Å². The molecule has 0 bridgehead atoms. The number of benzene rings is 4. The molecule has 0 atom stereocenters. The van der Waals surface area contributed by atoms with Crippen LogP contribution in [0.15, 0.2) is 89.1 Å². The van der Waals surface area contributed by atoms with Crippen molar-refractivity contribution in [2.75, 3.05) is 0 Å². The first-order chi connectivity index (χ1) is 19.4. The molecule has 0 aliphatic heterocycles. The minimum Gasteiger partial charge on any atom is -0.505 e. The zero-order valence-corrected chi connectivity index (χ0v) is 21.6. The van der Waals surface area contributed by atoms with Crippen molar-refractivity contribution in [2.24, 2.45) is 10.2 Å². The van der Waals surface area contributed by atoms with Crippen molar-refractivity contribution in [1.82, 2.24) is 4.57 Å². The zero-order chi connectivity index (χ0) is 29.5. The first-order valence-electron chi connectivity index (χ1n) is 12.2. The van der Waals surface area contributed by atoms with Crippen molar-refractivity contribution in [3.05, 3.63) is 95.6 Å². The lowest BCUT2D eigenvalue weighted by Gasteiger charge is -2.11. The summed E-state index contributed by atoms with van der Waals surface area (Å²) in [5.74, 6) is -0.636. The van der Waals surface area contributed by atoms with Crippen LogP contribution in [0.5, 0.6) is 17.4 Å². The molecule has 8 nitrogen and oxygen atoms in total. The molecular formula is C30H22F3N3O5. The number of fused-ring (bicyclic) bond motifs is 1. The molecule has 11 heteroatoms. The standard InChI is InChI=1S/C30H22F3N3O5/c1-16-12-17(2)25-24(13-16)36(20-8-4-7-19(15-20)30(31,32)33)28(38)26(25)35-34-23-11-5-10-22(27(23)37)18-6-3-9-21(14-18)41-29(39)40/h3-15,37-38H,1-2H3,(H,39,40). The Kier molecular flexibility index (Phi) is 6.87. The fraction of sp³-hybridized carbons (Fsp3) is 0.100. The number of aromatic nitrogens is 1. The minimum absolute atomic E-state index is 0.0107. The fourth-order valence-electron chi connectivity index (χ4n) is 4.72. The summed E-state index contributed by atoms with van der Waals surface area (Å²) in [6, 6.07) is 18.9. The number of aromatic hydroxyl groups is 2. The molecule has 0 saturated carbocycles. The molecule has 5 aromatic rings. The van der Waals surface area contributed by atoms with Gasteiger partial charge in [0.05, 0.1) is 11.1 Å². The first kappa shape index (κ1) is 27.3. The van der Waals surface area contributed by atoms with Gasteiger partial charge in [-0.25, -0.2) is 4.79 Å². The number of alkyl halides is 3. The summed E-state index contributed by atoms with van der Waals surface area (Å²) in [6.45, 7) is 3.61. The topological polar surface area (TPSA) is 117 Å². The smallest absolute Gasteiger partial charge is 0.505 e. The quantitative estimate of drug-likeness (QED) is 0.113. The molecule has 0 spiro atoms. The van der Waals surface area contributed by atoms with Gasteiger partial charge in [0.15, 0.2) is 11.4 Å². The van der Waals surface area contributed by atoms with Gasteiger partial charge in [-0.05, 0) is 73.0 Å². The number of para-hydroxylation sites is 1. The maximum atomic E-state index is 13.4. The third-order valence-corrected chi connectivity index (χ3v) is 6.41. The third kappa shape index (κ3) is 5.29. The summed E-state index contributed by atoms with van der Waals surface area (Å²) in [5.41, 5.74) is 2.00. The van der Waals surface area contributed by atoms with Crippen LogP contribution in [0.1, 0.15) is 16.7 Å². The molecule has 41 heavy (non-hydrogen) atoms. The number of phenols is 1. The lowest BCUT2D eigenvalue weighted by atomic mass is 10.0. The number of hydrogen-bond acceptors (Lipinski definition) is 6. The minimum atomic E-state index is -4.58. The largest absolute Gasteiger partial charge is 0.511 e. The molecule has 0 saturated heterocycles. The summed E-state index contributed by atoms with van der Waals surface area (Å²) in [7, 11) is 0. The summed E-state index contributed by atoms with van der Waals surface area (Å²) >= 11 is 0. The van der Waals surface area contributed by atoms with Crippen LogP contribution in [0.4, 0.5) is 29.3 Å². The van der Waals surface area contributed by atoms with Gasteiger partial charge < -0.3 is 20.1 Å². The Morgan fingerprint density at radius 3 is 2.37 bits per heavy atom. The monoisotopic (exact) mass is 561 g/mol. The lowest BCUT2D eigenvalue weighted by molar-refractivity contribution is -0.137. The van der Waals surface area contributed by atoms with Crippen LogP contribution < -0.4 is 4.74 Å². The van der Waals surface area contributed by atoms with Crippen LogP contribution in [0, 0.1) is 13.8 Å². The number of rotatable bonds is 5. The Balaban J connectivity index is 1.63. The van der Waals surface area contributed by atoms with E-state index in [-0.39, 0.29) is 28.6 Å². The lowest BCUT2D eigenvalue weighted by Crippen LogP contribution is -2.06. The van der Waals surface area contributed by atoms with Gasteiger partial charge in [0.25, 0.3) is 0 Å². The highest BCUT2D eigenvalue weighted by molar-refractivity contribution is 5.99. The summed E-state index contributed by atoms with van der Waals surface area (Å²) in [5, 5.41) is 40.0. The Hall–Kier alpha value is -5.32. The molecule has 0 aliphatic carbocycles. The second kappa shape index (κ2) is 10.3. The number of hydrogen-bond donors (Lipinski definition) is 3. The average Bonchev–Trinajstić information content (AvgIpc) is 3.18. The second-order valence-electron chi connectivity index (χ2n) is 9.30. The number of carboxylic acid groups (broad SMARTS) is 1. The van der Waals surface area contributed by atoms with E-state index in [9.17, 15) is 28.2 Å². The molecule has 5 rings (SSSR count). The molecule has 4 aromatic carbocycles. The Morgan fingerprint density at radius 2 is 1.63 bits per heavy atom. The molecule has 0 fully saturated rings. The van der Waals surface area contributed by atoms with Gasteiger partial charge in [-0.1, -0.05) is 36.4 Å². The Labute approximate surface area is 231 Å². The second-order valence-corrected chi connectivity index (χ2v) is 9.30. The van der Waals surface area contributed by atoms with E-state index in [1.165, 1.54) is 34.9 Å². The molecule has 0 unspecified atom stereocenters. The van der Waals surface area contributed by atoms with Crippen LogP contribution in [0.25, 0.3) is 27.7 Å². The number of nitrogens with zero attached hydrogens (tertiary/aromatic N) is 3. The molecule has 3 N–H and O–H groups in total. The third-order valence-electron chi connectivity index (χ3n) is 6.41. The number of aryl methyl sites for hydroxylation is 2. The summed E-state index contributed by atoms with van der Waals surface area (Å²) in [4.78, 5) is 10.9. The van der Waals surface area contributed by atoms with E-state index in [1.807, 2.05) is 13.0 Å².